The summed E-state index contributed by atoms with van der Waals surface area (Å²) in [6.07, 6.45) is -0.487. The van der Waals surface area contributed by atoms with E-state index in [0.29, 0.717) is 25.4 Å². The molecule has 0 amide bonds. The number of aromatic nitrogens is 1. The molecular weight excluding hydrogens is 230 g/mol. The highest BCUT2D eigenvalue weighted by Crippen LogP contribution is 2.15. The van der Waals surface area contributed by atoms with Crippen LogP contribution in [0.3, 0.4) is 0 Å². The van der Waals surface area contributed by atoms with Crippen molar-refractivity contribution in [2.45, 2.75) is 19.6 Å². The zero-order chi connectivity index (χ0) is 13.7. The van der Waals surface area contributed by atoms with Crippen LogP contribution in [0.25, 0.3) is 0 Å². The zero-order valence-electron chi connectivity index (χ0n) is 11.5. The fourth-order valence-electron chi connectivity index (χ4n) is 1.99. The van der Waals surface area contributed by atoms with E-state index in [0.717, 1.165) is 11.3 Å². The van der Waals surface area contributed by atoms with Crippen LogP contribution in [-0.2, 0) is 18.3 Å². The molecule has 0 aliphatic rings. The van der Waals surface area contributed by atoms with Crippen molar-refractivity contribution in [3.63, 3.8) is 0 Å². The molecule has 1 rings (SSSR count). The maximum absolute atomic E-state index is 9.65. The number of hydrogen-bond donors (Lipinski definition) is 1. The summed E-state index contributed by atoms with van der Waals surface area (Å²) < 4.78 is 6.78. The Labute approximate surface area is 108 Å². The van der Waals surface area contributed by atoms with Gasteiger partial charge in [0.25, 0.3) is 0 Å². The van der Waals surface area contributed by atoms with Gasteiger partial charge < -0.3 is 14.4 Å². The van der Waals surface area contributed by atoms with Gasteiger partial charge in [0.05, 0.1) is 12.7 Å². The number of likely N-dealkylation sites (N-methyl/N-ethyl adjacent to an activating group) is 1. The van der Waals surface area contributed by atoms with Gasteiger partial charge >= 0.3 is 0 Å². The van der Waals surface area contributed by atoms with Crippen molar-refractivity contribution in [1.29, 1.82) is 5.26 Å². The molecule has 1 aromatic rings. The second-order valence-electron chi connectivity index (χ2n) is 4.62. The summed E-state index contributed by atoms with van der Waals surface area (Å²) in [6, 6.07) is 4.06. The van der Waals surface area contributed by atoms with E-state index in [-0.39, 0.29) is 0 Å². The van der Waals surface area contributed by atoms with Gasteiger partial charge in [0.2, 0.25) is 0 Å². The third-order valence-corrected chi connectivity index (χ3v) is 3.08. The first-order valence-corrected chi connectivity index (χ1v) is 5.90. The van der Waals surface area contributed by atoms with Crippen LogP contribution in [-0.4, -0.2) is 48.0 Å². The van der Waals surface area contributed by atoms with Gasteiger partial charge in [-0.25, -0.2) is 0 Å². The van der Waals surface area contributed by atoms with E-state index in [4.69, 9.17) is 10.00 Å². The maximum atomic E-state index is 9.65. The SMILES string of the molecule is COCC(O)CN(C)Cc1cc(C#N)n(C)c1C. The lowest BCUT2D eigenvalue weighted by molar-refractivity contribution is 0.0418. The number of methoxy groups -OCH3 is 1. The Morgan fingerprint density at radius 2 is 2.28 bits per heavy atom. The molecule has 5 nitrogen and oxygen atoms in total. The van der Waals surface area contributed by atoms with Crippen molar-refractivity contribution in [3.8, 4) is 6.07 Å². The fourth-order valence-corrected chi connectivity index (χ4v) is 1.99. The average Bonchev–Trinajstić information content (AvgIpc) is 2.57. The Balaban J connectivity index is 2.65. The van der Waals surface area contributed by atoms with Crippen LogP contribution >= 0.6 is 0 Å². The first kappa shape index (κ1) is 14.7. The van der Waals surface area contributed by atoms with Gasteiger partial charge in [-0.1, -0.05) is 0 Å². The van der Waals surface area contributed by atoms with E-state index >= 15 is 0 Å². The lowest BCUT2D eigenvalue weighted by Gasteiger charge is -2.20. The smallest absolute Gasteiger partial charge is 0.120 e. The minimum atomic E-state index is -0.487. The van der Waals surface area contributed by atoms with E-state index in [1.165, 1.54) is 0 Å². The van der Waals surface area contributed by atoms with Crippen LogP contribution in [0.2, 0.25) is 0 Å². The molecule has 0 aliphatic carbocycles. The lowest BCUT2D eigenvalue weighted by Crippen LogP contribution is -2.31. The maximum Gasteiger partial charge on any atom is 0.120 e. The third kappa shape index (κ3) is 3.57. The topological polar surface area (TPSA) is 61.4 Å². The monoisotopic (exact) mass is 251 g/mol. The van der Waals surface area contributed by atoms with Gasteiger partial charge in [0, 0.05) is 32.9 Å². The van der Waals surface area contributed by atoms with Crippen molar-refractivity contribution in [2.75, 3.05) is 27.3 Å². The molecule has 0 spiro atoms. The van der Waals surface area contributed by atoms with Crippen LogP contribution in [0.4, 0.5) is 0 Å². The van der Waals surface area contributed by atoms with Crippen LogP contribution in [0.1, 0.15) is 17.0 Å². The normalized spacial score (nSPS) is 12.7. The molecule has 0 aliphatic heterocycles. The molecule has 100 valence electrons. The highest BCUT2D eigenvalue weighted by molar-refractivity contribution is 5.34. The molecule has 5 heteroatoms. The largest absolute Gasteiger partial charge is 0.389 e. The molecule has 1 aromatic heterocycles. The van der Waals surface area contributed by atoms with Gasteiger partial charge in [-0.3, -0.25) is 4.90 Å². The minimum absolute atomic E-state index is 0.335. The predicted molar refractivity (Wildman–Crippen MR) is 69.1 cm³/mol. The molecule has 1 atom stereocenters. The van der Waals surface area contributed by atoms with Gasteiger partial charge in [-0.05, 0) is 25.6 Å². The van der Waals surface area contributed by atoms with Crippen LogP contribution < -0.4 is 0 Å². The van der Waals surface area contributed by atoms with Crippen molar-refractivity contribution in [3.05, 3.63) is 23.0 Å². The third-order valence-electron chi connectivity index (χ3n) is 3.08. The standard InChI is InChI=1S/C13H21N3O2/c1-10-11(5-12(6-14)16(10)3)7-15(2)8-13(17)9-18-4/h5,13,17H,7-9H2,1-4H3. The van der Waals surface area contributed by atoms with Crippen molar-refractivity contribution in [2.24, 2.45) is 7.05 Å². The molecule has 0 fully saturated rings. The molecule has 1 unspecified atom stereocenters. The Hall–Kier alpha value is -1.35. The molecule has 0 saturated carbocycles. The van der Waals surface area contributed by atoms with E-state index in [2.05, 4.69) is 6.07 Å². The quantitative estimate of drug-likeness (QED) is 0.806. The first-order chi connectivity index (χ1) is 8.49. The Morgan fingerprint density at radius 3 is 2.78 bits per heavy atom. The molecule has 0 radical (unpaired) electrons. The first-order valence-electron chi connectivity index (χ1n) is 5.90. The van der Waals surface area contributed by atoms with E-state index < -0.39 is 6.10 Å². The highest BCUT2D eigenvalue weighted by atomic mass is 16.5. The Morgan fingerprint density at radius 1 is 1.61 bits per heavy atom. The van der Waals surface area contributed by atoms with Gasteiger partial charge in [-0.2, -0.15) is 5.26 Å². The summed E-state index contributed by atoms with van der Waals surface area (Å²) >= 11 is 0. The molecule has 1 heterocycles. The Bertz CT molecular complexity index is 434. The highest BCUT2D eigenvalue weighted by Gasteiger charge is 2.13. The summed E-state index contributed by atoms with van der Waals surface area (Å²) in [4.78, 5) is 2.02. The number of ether oxygens (including phenoxy) is 1. The second-order valence-corrected chi connectivity index (χ2v) is 4.62. The van der Waals surface area contributed by atoms with Crippen LogP contribution in [0.5, 0.6) is 0 Å². The Kier molecular flexibility index (Phi) is 5.35. The van der Waals surface area contributed by atoms with Crippen LogP contribution in [0, 0.1) is 18.3 Å². The summed E-state index contributed by atoms with van der Waals surface area (Å²) in [6.45, 7) is 3.59. The number of nitrogens with zero attached hydrogens (tertiary/aromatic N) is 3. The predicted octanol–water partition coefficient (Wildman–Crippen LogP) is 0.644. The number of aliphatic hydroxyl groups is 1. The average molecular weight is 251 g/mol. The molecular formula is C13H21N3O2. The second kappa shape index (κ2) is 6.55. The van der Waals surface area contributed by atoms with E-state index in [1.54, 1.807) is 7.11 Å². The van der Waals surface area contributed by atoms with Crippen LogP contribution in [0.15, 0.2) is 6.07 Å². The van der Waals surface area contributed by atoms with Gasteiger partial charge in [0.15, 0.2) is 0 Å². The summed E-state index contributed by atoms with van der Waals surface area (Å²) in [5.74, 6) is 0. The summed E-state index contributed by atoms with van der Waals surface area (Å²) in [5.41, 5.74) is 2.86. The molecule has 1 N–H and O–H groups in total. The molecule has 0 saturated heterocycles. The molecule has 18 heavy (non-hydrogen) atoms. The van der Waals surface area contributed by atoms with Gasteiger partial charge in [0.1, 0.15) is 11.8 Å². The lowest BCUT2D eigenvalue weighted by atomic mass is 10.2. The van der Waals surface area contributed by atoms with E-state index in [1.807, 2.05) is 36.6 Å². The zero-order valence-corrected chi connectivity index (χ0v) is 11.5. The number of rotatable bonds is 6. The number of nitriles is 1. The summed E-state index contributed by atoms with van der Waals surface area (Å²) in [5, 5.41) is 18.6. The number of aliphatic hydroxyl groups excluding tert-OH is 1. The van der Waals surface area contributed by atoms with Crippen molar-refractivity contribution in [1.82, 2.24) is 9.47 Å². The minimum Gasteiger partial charge on any atom is -0.389 e. The summed E-state index contributed by atoms with van der Waals surface area (Å²) in [7, 11) is 5.40. The van der Waals surface area contributed by atoms with Crippen molar-refractivity contribution < 1.29 is 9.84 Å². The molecule has 0 bridgehead atoms. The molecule has 0 aromatic carbocycles. The number of hydrogen-bond acceptors (Lipinski definition) is 4. The van der Waals surface area contributed by atoms with Crippen molar-refractivity contribution >= 4 is 0 Å². The van der Waals surface area contributed by atoms with Gasteiger partial charge in [-0.15, -0.1) is 0 Å². The van der Waals surface area contributed by atoms with E-state index in [9.17, 15) is 5.11 Å². The fraction of sp³-hybridized carbons (Fsp3) is 0.615.